The van der Waals surface area contributed by atoms with Crippen LogP contribution in [0, 0.1) is 0 Å². The highest BCUT2D eigenvalue weighted by Crippen LogP contribution is 2.27. The summed E-state index contributed by atoms with van der Waals surface area (Å²) in [6.45, 7) is 12.8. The lowest BCUT2D eigenvalue weighted by Gasteiger charge is -2.29. The number of likely N-dealkylation sites (tertiary alicyclic amines) is 1. The van der Waals surface area contributed by atoms with Gasteiger partial charge in [-0.2, -0.15) is 0 Å². The molecule has 1 atom stereocenters. The van der Waals surface area contributed by atoms with Crippen LogP contribution in [-0.4, -0.2) is 75.2 Å². The van der Waals surface area contributed by atoms with Crippen LogP contribution in [-0.2, 0) is 0 Å². The fourth-order valence-corrected chi connectivity index (χ4v) is 3.87. The molecular formula is C22H39N5O. The van der Waals surface area contributed by atoms with Crippen LogP contribution in [0.3, 0.4) is 0 Å². The number of guanidine groups is 1. The third-order valence-corrected chi connectivity index (χ3v) is 5.57. The second-order valence-electron chi connectivity index (χ2n) is 7.64. The molecule has 6 heteroatoms. The van der Waals surface area contributed by atoms with Gasteiger partial charge in [0.05, 0.1) is 13.2 Å². The second kappa shape index (κ2) is 11.9. The monoisotopic (exact) mass is 389 g/mol. The van der Waals surface area contributed by atoms with Gasteiger partial charge < -0.3 is 15.4 Å². The summed E-state index contributed by atoms with van der Waals surface area (Å²) in [5, 5.41) is 7.00. The van der Waals surface area contributed by atoms with Crippen molar-refractivity contribution in [3.8, 4) is 5.75 Å². The smallest absolute Gasteiger partial charge is 0.191 e. The van der Waals surface area contributed by atoms with E-state index in [1.807, 2.05) is 13.1 Å². The van der Waals surface area contributed by atoms with Gasteiger partial charge in [-0.1, -0.05) is 19.1 Å². The van der Waals surface area contributed by atoms with Crippen molar-refractivity contribution in [3.63, 3.8) is 0 Å². The Morgan fingerprint density at radius 3 is 2.61 bits per heavy atom. The molecule has 6 nitrogen and oxygen atoms in total. The van der Waals surface area contributed by atoms with Crippen LogP contribution in [0.4, 0.5) is 0 Å². The van der Waals surface area contributed by atoms with Gasteiger partial charge in [-0.25, -0.2) is 0 Å². The Balaban J connectivity index is 1.95. The first-order valence-corrected chi connectivity index (χ1v) is 10.7. The fourth-order valence-electron chi connectivity index (χ4n) is 3.87. The maximum atomic E-state index is 5.44. The van der Waals surface area contributed by atoms with E-state index in [-0.39, 0.29) is 0 Å². The molecule has 1 aliphatic heterocycles. The van der Waals surface area contributed by atoms with Crippen molar-refractivity contribution in [2.45, 2.75) is 45.7 Å². The number of likely N-dealkylation sites (N-methyl/N-ethyl adjacent to an activating group) is 1. The molecule has 0 bridgehead atoms. The minimum absolute atomic E-state index is 0.318. The molecule has 1 saturated heterocycles. The minimum Gasteiger partial charge on any atom is -0.497 e. The first kappa shape index (κ1) is 22.5. The van der Waals surface area contributed by atoms with Crippen molar-refractivity contribution >= 4 is 5.96 Å². The van der Waals surface area contributed by atoms with E-state index in [4.69, 9.17) is 4.74 Å². The topological polar surface area (TPSA) is 52.1 Å². The average Bonchev–Trinajstić information content (AvgIpc) is 3.24. The lowest BCUT2D eigenvalue weighted by molar-refractivity contribution is 0.236. The zero-order valence-corrected chi connectivity index (χ0v) is 18.4. The molecule has 1 heterocycles. The molecule has 158 valence electrons. The van der Waals surface area contributed by atoms with Gasteiger partial charge in [0.1, 0.15) is 5.75 Å². The summed E-state index contributed by atoms with van der Waals surface area (Å²) in [4.78, 5) is 9.42. The molecule has 2 rings (SSSR count). The predicted octanol–water partition coefficient (Wildman–Crippen LogP) is 2.73. The molecule has 28 heavy (non-hydrogen) atoms. The summed E-state index contributed by atoms with van der Waals surface area (Å²) >= 11 is 0. The number of nitrogens with zero attached hydrogens (tertiary/aromatic N) is 3. The molecule has 0 radical (unpaired) electrons. The van der Waals surface area contributed by atoms with Crippen molar-refractivity contribution in [1.82, 2.24) is 20.4 Å². The maximum Gasteiger partial charge on any atom is 0.191 e. The normalized spacial score (nSPS) is 16.6. The zero-order chi connectivity index (χ0) is 20.4. The van der Waals surface area contributed by atoms with Gasteiger partial charge in [0.2, 0.25) is 0 Å². The Labute approximate surface area is 171 Å². The van der Waals surface area contributed by atoms with Crippen LogP contribution in [0.15, 0.2) is 29.3 Å². The summed E-state index contributed by atoms with van der Waals surface area (Å²) in [5.41, 5.74) is 1.29. The van der Waals surface area contributed by atoms with Gasteiger partial charge >= 0.3 is 0 Å². The van der Waals surface area contributed by atoms with Gasteiger partial charge in [-0.15, -0.1) is 0 Å². The van der Waals surface area contributed by atoms with Crippen LogP contribution >= 0.6 is 0 Å². The van der Waals surface area contributed by atoms with E-state index >= 15 is 0 Å². The Bertz CT molecular complexity index is 598. The number of methoxy groups -OCH3 is 1. The highest BCUT2D eigenvalue weighted by Gasteiger charge is 2.24. The van der Waals surface area contributed by atoms with Crippen LogP contribution in [0.2, 0.25) is 0 Å². The number of hydrogen-bond acceptors (Lipinski definition) is 4. The molecule has 2 N–H and O–H groups in total. The Morgan fingerprint density at radius 2 is 2.00 bits per heavy atom. The highest BCUT2D eigenvalue weighted by atomic mass is 16.5. The van der Waals surface area contributed by atoms with Crippen molar-refractivity contribution in [1.29, 1.82) is 0 Å². The second-order valence-corrected chi connectivity index (χ2v) is 7.64. The molecule has 0 aliphatic carbocycles. The van der Waals surface area contributed by atoms with Crippen LogP contribution in [0.5, 0.6) is 5.75 Å². The van der Waals surface area contributed by atoms with Gasteiger partial charge in [-0.3, -0.25) is 14.8 Å². The molecule has 0 aromatic heterocycles. The number of nitrogens with one attached hydrogen (secondary N) is 2. The van der Waals surface area contributed by atoms with Crippen molar-refractivity contribution < 1.29 is 4.74 Å². The molecular weight excluding hydrogens is 350 g/mol. The highest BCUT2D eigenvalue weighted by molar-refractivity contribution is 5.79. The van der Waals surface area contributed by atoms with E-state index in [1.54, 1.807) is 7.11 Å². The van der Waals surface area contributed by atoms with E-state index in [0.717, 1.165) is 51.0 Å². The zero-order valence-electron chi connectivity index (χ0n) is 18.4. The molecule has 1 unspecified atom stereocenters. The van der Waals surface area contributed by atoms with E-state index in [1.165, 1.54) is 18.4 Å². The molecule has 0 spiro atoms. The van der Waals surface area contributed by atoms with Crippen LogP contribution in [0.25, 0.3) is 0 Å². The Morgan fingerprint density at radius 1 is 1.25 bits per heavy atom. The van der Waals surface area contributed by atoms with Crippen LogP contribution < -0.4 is 15.4 Å². The lowest BCUT2D eigenvalue weighted by Crippen LogP contribution is -2.45. The number of benzene rings is 1. The molecule has 0 saturated carbocycles. The van der Waals surface area contributed by atoms with Crippen molar-refractivity contribution in [2.24, 2.45) is 4.99 Å². The minimum atomic E-state index is 0.318. The van der Waals surface area contributed by atoms with Crippen molar-refractivity contribution in [2.75, 3.05) is 53.4 Å². The molecule has 1 aromatic carbocycles. The van der Waals surface area contributed by atoms with E-state index in [9.17, 15) is 0 Å². The number of rotatable bonds is 10. The van der Waals surface area contributed by atoms with Gasteiger partial charge in [-0.05, 0) is 64.0 Å². The summed E-state index contributed by atoms with van der Waals surface area (Å²) < 4.78 is 5.44. The molecule has 1 aliphatic rings. The van der Waals surface area contributed by atoms with Gasteiger partial charge in [0.25, 0.3) is 0 Å². The first-order chi connectivity index (χ1) is 13.6. The first-order valence-electron chi connectivity index (χ1n) is 10.7. The molecule has 1 fully saturated rings. The quantitative estimate of drug-likeness (QED) is 0.476. The van der Waals surface area contributed by atoms with E-state index in [2.05, 4.69) is 64.4 Å². The number of hydrogen-bond donors (Lipinski definition) is 2. The molecule has 1 aromatic rings. The largest absolute Gasteiger partial charge is 0.497 e. The third-order valence-electron chi connectivity index (χ3n) is 5.57. The summed E-state index contributed by atoms with van der Waals surface area (Å²) in [5.74, 6) is 1.78. The Kier molecular flexibility index (Phi) is 9.58. The number of aliphatic imine (C=N–C) groups is 1. The van der Waals surface area contributed by atoms with Crippen LogP contribution in [0.1, 0.15) is 45.2 Å². The standard InChI is InChI=1S/C22H39N5O/c1-6-26(18(2)3)15-12-24-22(23-4)25-17-21(27-13-7-8-14-27)19-10-9-11-20(16-19)28-5/h9-11,16,18,21H,6-8,12-15,17H2,1-5H3,(H2,23,24,25). The summed E-state index contributed by atoms with van der Waals surface area (Å²) in [6, 6.07) is 9.32. The van der Waals surface area contributed by atoms with E-state index in [0.29, 0.717) is 12.1 Å². The summed E-state index contributed by atoms with van der Waals surface area (Å²) in [6.07, 6.45) is 2.55. The average molecular weight is 390 g/mol. The maximum absolute atomic E-state index is 5.44. The number of ether oxygens (including phenoxy) is 1. The Hall–Kier alpha value is -1.79. The lowest BCUT2D eigenvalue weighted by atomic mass is 10.1. The SMILES string of the molecule is CCN(CCNC(=NC)NCC(c1cccc(OC)c1)N1CCCC1)C(C)C. The van der Waals surface area contributed by atoms with Crippen molar-refractivity contribution in [3.05, 3.63) is 29.8 Å². The summed E-state index contributed by atoms with van der Waals surface area (Å²) in [7, 11) is 3.57. The molecule has 0 amide bonds. The van der Waals surface area contributed by atoms with E-state index < -0.39 is 0 Å². The fraction of sp³-hybridized carbons (Fsp3) is 0.682. The third kappa shape index (κ3) is 6.67. The van der Waals surface area contributed by atoms with Gasteiger partial charge in [0.15, 0.2) is 5.96 Å². The van der Waals surface area contributed by atoms with Gasteiger partial charge in [0, 0.05) is 32.7 Å². The predicted molar refractivity (Wildman–Crippen MR) is 118 cm³/mol.